The zero-order chi connectivity index (χ0) is 20.0. The molecule has 0 aromatic carbocycles. The highest BCUT2D eigenvalue weighted by Gasteiger charge is 2.12. The van der Waals surface area contributed by atoms with Crippen LogP contribution in [-0.2, 0) is 0 Å². The predicted octanol–water partition coefficient (Wildman–Crippen LogP) is 4.81. The monoisotopic (exact) mass is 388 g/mol. The van der Waals surface area contributed by atoms with Gasteiger partial charge in [0.1, 0.15) is 0 Å². The van der Waals surface area contributed by atoms with E-state index in [9.17, 15) is 0 Å². The van der Waals surface area contributed by atoms with E-state index in [1.54, 1.807) is 10.9 Å². The van der Waals surface area contributed by atoms with Crippen LogP contribution in [0.1, 0.15) is 78.1 Å². The molecule has 0 spiro atoms. The van der Waals surface area contributed by atoms with E-state index in [1.807, 2.05) is 24.2 Å². The minimum atomic E-state index is 0.377. The molecular weight excluding hydrogens is 352 g/mol. The minimum Gasteiger partial charge on any atom is -0.463 e. The lowest BCUT2D eigenvalue weighted by molar-refractivity contribution is 0.280. The Labute approximate surface area is 169 Å². The van der Waals surface area contributed by atoms with Gasteiger partial charge in [0.15, 0.2) is 0 Å². The summed E-state index contributed by atoms with van der Waals surface area (Å²) in [5.74, 6) is 1.11. The normalized spacial score (nSPS) is 11.0. The summed E-state index contributed by atoms with van der Waals surface area (Å²) >= 11 is 0. The first-order valence-corrected chi connectivity index (χ1v) is 10.8. The van der Waals surface area contributed by atoms with Crippen LogP contribution in [0.2, 0.25) is 0 Å². The predicted molar refractivity (Wildman–Crippen MR) is 113 cm³/mol. The highest BCUT2D eigenvalue weighted by molar-refractivity contribution is 5.32. The summed E-state index contributed by atoms with van der Waals surface area (Å²) in [6, 6.07) is 2.23. The molecule has 7 heteroatoms. The first-order valence-electron chi connectivity index (χ1n) is 10.8. The summed E-state index contributed by atoms with van der Waals surface area (Å²) in [5.41, 5.74) is 0. The molecule has 2 rings (SSSR count). The summed E-state index contributed by atoms with van der Waals surface area (Å²) in [5, 5.41) is 4.23. The highest BCUT2D eigenvalue weighted by atomic mass is 16.5. The zero-order valence-corrected chi connectivity index (χ0v) is 17.8. The molecule has 0 aliphatic heterocycles. The van der Waals surface area contributed by atoms with Crippen molar-refractivity contribution < 1.29 is 4.74 Å². The van der Waals surface area contributed by atoms with Crippen LogP contribution in [0.25, 0.3) is 5.95 Å². The Morgan fingerprint density at radius 1 is 0.893 bits per heavy atom. The fourth-order valence-corrected chi connectivity index (χ4v) is 2.96. The van der Waals surface area contributed by atoms with Crippen molar-refractivity contribution in [3.8, 4) is 12.0 Å². The molecule has 0 aliphatic rings. The number of hydrogen-bond acceptors (Lipinski definition) is 6. The first-order chi connectivity index (χ1) is 13.7. The van der Waals surface area contributed by atoms with Gasteiger partial charge in [0.05, 0.1) is 6.61 Å². The van der Waals surface area contributed by atoms with Gasteiger partial charge in [-0.05, 0) is 18.9 Å². The van der Waals surface area contributed by atoms with Crippen molar-refractivity contribution in [2.45, 2.75) is 78.1 Å². The van der Waals surface area contributed by atoms with E-state index in [0.717, 1.165) is 25.8 Å². The van der Waals surface area contributed by atoms with Crippen LogP contribution in [0.4, 0.5) is 5.95 Å². The SMILES string of the molecule is CCCCCCCCCCOc1nc(N(C)CCCC)nc(-n2cccn2)n1. The minimum absolute atomic E-state index is 0.377. The van der Waals surface area contributed by atoms with Crippen LogP contribution in [-0.4, -0.2) is 44.9 Å². The Morgan fingerprint density at radius 2 is 1.61 bits per heavy atom. The quantitative estimate of drug-likeness (QED) is 0.408. The fraction of sp³-hybridized carbons (Fsp3) is 0.714. The van der Waals surface area contributed by atoms with Crippen LogP contribution in [0.3, 0.4) is 0 Å². The topological polar surface area (TPSA) is 69.0 Å². The maximum atomic E-state index is 5.86. The van der Waals surface area contributed by atoms with Gasteiger partial charge in [-0.25, -0.2) is 4.68 Å². The summed E-state index contributed by atoms with van der Waals surface area (Å²) in [6.07, 6.45) is 15.9. The van der Waals surface area contributed by atoms with Crippen LogP contribution in [0, 0.1) is 0 Å². The van der Waals surface area contributed by atoms with E-state index < -0.39 is 0 Å². The molecule has 7 nitrogen and oxygen atoms in total. The summed E-state index contributed by atoms with van der Waals surface area (Å²) in [7, 11) is 2.00. The second-order valence-corrected chi connectivity index (χ2v) is 7.27. The van der Waals surface area contributed by atoms with Gasteiger partial charge in [0.2, 0.25) is 5.95 Å². The third-order valence-corrected chi connectivity index (χ3v) is 4.72. The number of anilines is 1. The smallest absolute Gasteiger partial charge is 0.323 e. The van der Waals surface area contributed by atoms with E-state index in [2.05, 4.69) is 33.9 Å². The van der Waals surface area contributed by atoms with Crippen LogP contribution >= 0.6 is 0 Å². The lowest BCUT2D eigenvalue weighted by atomic mass is 10.1. The molecule has 28 heavy (non-hydrogen) atoms. The molecule has 0 N–H and O–H groups in total. The molecule has 2 heterocycles. The van der Waals surface area contributed by atoms with Crippen LogP contribution < -0.4 is 9.64 Å². The Balaban J connectivity index is 1.87. The summed E-state index contributed by atoms with van der Waals surface area (Å²) in [6.45, 7) is 5.96. The number of ether oxygens (including phenoxy) is 1. The molecule has 2 aromatic rings. The van der Waals surface area contributed by atoms with Crippen molar-refractivity contribution in [2.24, 2.45) is 0 Å². The molecule has 0 aliphatic carbocycles. The van der Waals surface area contributed by atoms with Crippen LogP contribution in [0.15, 0.2) is 18.5 Å². The molecule has 0 fully saturated rings. The van der Waals surface area contributed by atoms with Gasteiger partial charge in [0, 0.05) is 26.0 Å². The molecule has 0 radical (unpaired) electrons. The van der Waals surface area contributed by atoms with E-state index in [-0.39, 0.29) is 0 Å². The van der Waals surface area contributed by atoms with E-state index >= 15 is 0 Å². The van der Waals surface area contributed by atoms with E-state index in [4.69, 9.17) is 4.74 Å². The lowest BCUT2D eigenvalue weighted by Crippen LogP contribution is -2.22. The molecule has 0 saturated carbocycles. The Hall–Kier alpha value is -2.18. The average molecular weight is 389 g/mol. The standard InChI is InChI=1S/C21H36N6O/c1-4-6-8-9-10-11-12-13-18-28-21-24-19(26(3)16-7-5-2)23-20(25-21)27-17-14-15-22-27/h14-15,17H,4-13,16,18H2,1-3H3. The Kier molecular flexibility index (Phi) is 10.3. The zero-order valence-electron chi connectivity index (χ0n) is 17.8. The molecular formula is C21H36N6O. The van der Waals surface area contributed by atoms with Crippen molar-refractivity contribution in [3.05, 3.63) is 18.5 Å². The van der Waals surface area contributed by atoms with Gasteiger partial charge in [-0.1, -0.05) is 65.2 Å². The van der Waals surface area contributed by atoms with Gasteiger partial charge < -0.3 is 9.64 Å². The molecule has 0 atom stereocenters. The van der Waals surface area contributed by atoms with Gasteiger partial charge in [-0.3, -0.25) is 0 Å². The van der Waals surface area contributed by atoms with Crippen molar-refractivity contribution >= 4 is 5.95 Å². The third kappa shape index (κ3) is 7.82. The second-order valence-electron chi connectivity index (χ2n) is 7.27. The van der Waals surface area contributed by atoms with Gasteiger partial charge in [0.25, 0.3) is 5.95 Å². The van der Waals surface area contributed by atoms with Gasteiger partial charge >= 0.3 is 6.01 Å². The molecule has 2 aromatic heterocycles. The van der Waals surface area contributed by atoms with Crippen molar-refractivity contribution in [3.63, 3.8) is 0 Å². The summed E-state index contributed by atoms with van der Waals surface area (Å²) in [4.78, 5) is 15.5. The lowest BCUT2D eigenvalue weighted by Gasteiger charge is -2.17. The van der Waals surface area contributed by atoms with E-state index in [0.29, 0.717) is 24.5 Å². The molecule has 0 bridgehead atoms. The Bertz CT molecular complexity index is 646. The van der Waals surface area contributed by atoms with Crippen LogP contribution in [0.5, 0.6) is 6.01 Å². The van der Waals surface area contributed by atoms with Crippen molar-refractivity contribution in [2.75, 3.05) is 25.1 Å². The fourth-order valence-electron chi connectivity index (χ4n) is 2.96. The number of hydrogen-bond donors (Lipinski definition) is 0. The highest BCUT2D eigenvalue weighted by Crippen LogP contribution is 2.15. The molecule has 0 saturated heterocycles. The number of aromatic nitrogens is 5. The van der Waals surface area contributed by atoms with Gasteiger partial charge in [-0.2, -0.15) is 20.1 Å². The number of rotatable bonds is 15. The van der Waals surface area contributed by atoms with Crippen molar-refractivity contribution in [1.82, 2.24) is 24.7 Å². The number of nitrogens with zero attached hydrogens (tertiary/aromatic N) is 6. The first kappa shape index (κ1) is 22.1. The maximum absolute atomic E-state index is 5.86. The van der Waals surface area contributed by atoms with Crippen molar-refractivity contribution in [1.29, 1.82) is 0 Å². The Morgan fingerprint density at radius 3 is 2.29 bits per heavy atom. The molecule has 0 unspecified atom stereocenters. The average Bonchev–Trinajstić information content (AvgIpc) is 3.25. The maximum Gasteiger partial charge on any atom is 0.323 e. The number of unbranched alkanes of at least 4 members (excludes halogenated alkanes) is 8. The second kappa shape index (κ2) is 13.1. The molecule has 156 valence electrons. The van der Waals surface area contributed by atoms with Gasteiger partial charge in [-0.15, -0.1) is 0 Å². The third-order valence-electron chi connectivity index (χ3n) is 4.72. The largest absolute Gasteiger partial charge is 0.463 e. The van der Waals surface area contributed by atoms with E-state index in [1.165, 1.54) is 44.9 Å². The summed E-state index contributed by atoms with van der Waals surface area (Å²) < 4.78 is 7.50. The molecule has 0 amide bonds.